The Kier molecular flexibility index (Phi) is 5.01. The first-order chi connectivity index (χ1) is 10.6. The van der Waals surface area contributed by atoms with Gasteiger partial charge in [0.15, 0.2) is 0 Å². The summed E-state index contributed by atoms with van der Waals surface area (Å²) in [6, 6.07) is 8.39. The van der Waals surface area contributed by atoms with Crippen molar-refractivity contribution < 1.29 is 9.53 Å². The van der Waals surface area contributed by atoms with Crippen molar-refractivity contribution in [3.63, 3.8) is 0 Å². The van der Waals surface area contributed by atoms with Crippen molar-refractivity contribution in [2.45, 2.75) is 19.4 Å². The molecule has 0 unspecified atom stereocenters. The second-order valence-electron chi connectivity index (χ2n) is 6.15. The highest BCUT2D eigenvalue weighted by molar-refractivity contribution is 6.30. The van der Waals surface area contributed by atoms with Crippen LogP contribution in [0.5, 0.6) is 0 Å². The predicted octanol–water partition coefficient (Wildman–Crippen LogP) is 2.58. The molecule has 5 heteroatoms. The molecule has 0 saturated carbocycles. The smallest absolute Gasteiger partial charge is 0.228 e. The number of nitrogens with zero attached hydrogens (tertiary/aromatic N) is 2. The molecule has 0 aliphatic carbocycles. The van der Waals surface area contributed by atoms with Crippen LogP contribution in [0.4, 0.5) is 0 Å². The van der Waals surface area contributed by atoms with E-state index >= 15 is 0 Å². The molecule has 0 N–H and O–H groups in total. The molecule has 2 fully saturated rings. The highest BCUT2D eigenvalue weighted by atomic mass is 35.5. The van der Waals surface area contributed by atoms with E-state index in [0.29, 0.717) is 12.6 Å². The fourth-order valence-corrected chi connectivity index (χ4v) is 3.40. The number of halogens is 1. The SMILES string of the molecule is C[C@H](c1ccc(Cl)cc1)N1CCN(C(=O)[C@H]2CCOC2)CC1. The van der Waals surface area contributed by atoms with Crippen LogP contribution >= 0.6 is 11.6 Å². The van der Waals surface area contributed by atoms with Crippen LogP contribution in [0.1, 0.15) is 24.9 Å². The molecule has 2 saturated heterocycles. The van der Waals surface area contributed by atoms with Crippen molar-refractivity contribution in [2.24, 2.45) is 5.92 Å². The van der Waals surface area contributed by atoms with Gasteiger partial charge in [-0.25, -0.2) is 0 Å². The zero-order valence-corrected chi connectivity index (χ0v) is 13.8. The van der Waals surface area contributed by atoms with Gasteiger partial charge in [0.2, 0.25) is 5.91 Å². The van der Waals surface area contributed by atoms with E-state index in [1.165, 1.54) is 5.56 Å². The monoisotopic (exact) mass is 322 g/mol. The maximum absolute atomic E-state index is 12.4. The van der Waals surface area contributed by atoms with Gasteiger partial charge in [0.05, 0.1) is 12.5 Å². The van der Waals surface area contributed by atoms with Gasteiger partial charge in [0, 0.05) is 43.9 Å². The van der Waals surface area contributed by atoms with Crippen molar-refractivity contribution in [1.29, 1.82) is 0 Å². The van der Waals surface area contributed by atoms with Crippen LogP contribution < -0.4 is 0 Å². The lowest BCUT2D eigenvalue weighted by Crippen LogP contribution is -2.50. The largest absolute Gasteiger partial charge is 0.381 e. The van der Waals surface area contributed by atoms with E-state index in [0.717, 1.165) is 44.2 Å². The minimum atomic E-state index is 0.0836. The standard InChI is InChI=1S/C17H23ClN2O2/c1-13(14-2-4-16(18)5-3-14)19-7-9-20(10-8-19)17(21)15-6-11-22-12-15/h2-5,13,15H,6-12H2,1H3/t13-,15+/m1/s1. The lowest BCUT2D eigenvalue weighted by molar-refractivity contribution is -0.137. The number of piperazine rings is 1. The van der Waals surface area contributed by atoms with Gasteiger partial charge >= 0.3 is 0 Å². The molecule has 2 atom stereocenters. The van der Waals surface area contributed by atoms with Crippen LogP contribution in [-0.2, 0) is 9.53 Å². The summed E-state index contributed by atoms with van der Waals surface area (Å²) in [6.45, 7) is 7.00. The summed E-state index contributed by atoms with van der Waals surface area (Å²) in [5, 5.41) is 0.769. The Labute approximate surface area is 137 Å². The van der Waals surface area contributed by atoms with Crippen molar-refractivity contribution in [1.82, 2.24) is 9.80 Å². The summed E-state index contributed by atoms with van der Waals surface area (Å²) in [6.07, 6.45) is 0.875. The van der Waals surface area contributed by atoms with E-state index in [1.54, 1.807) is 0 Å². The van der Waals surface area contributed by atoms with Crippen LogP contribution in [0.2, 0.25) is 5.02 Å². The van der Waals surface area contributed by atoms with Gasteiger partial charge in [-0.1, -0.05) is 23.7 Å². The van der Waals surface area contributed by atoms with Gasteiger partial charge < -0.3 is 9.64 Å². The van der Waals surface area contributed by atoms with E-state index in [9.17, 15) is 4.79 Å². The summed E-state index contributed by atoms with van der Waals surface area (Å²) < 4.78 is 5.33. The highest BCUT2D eigenvalue weighted by Gasteiger charge is 2.31. The summed E-state index contributed by atoms with van der Waals surface area (Å²) >= 11 is 5.95. The van der Waals surface area contributed by atoms with Gasteiger partial charge in [-0.2, -0.15) is 0 Å². The van der Waals surface area contributed by atoms with Crippen LogP contribution in [0, 0.1) is 5.92 Å². The van der Waals surface area contributed by atoms with Gasteiger partial charge in [0.25, 0.3) is 0 Å². The number of rotatable bonds is 3. The molecular weight excluding hydrogens is 300 g/mol. The minimum absolute atomic E-state index is 0.0836. The van der Waals surface area contributed by atoms with Gasteiger partial charge in [-0.05, 0) is 31.0 Å². The number of carbonyl (C=O) groups excluding carboxylic acids is 1. The van der Waals surface area contributed by atoms with Crippen molar-refractivity contribution >= 4 is 17.5 Å². The highest BCUT2D eigenvalue weighted by Crippen LogP contribution is 2.24. The molecular formula is C17H23ClN2O2. The van der Waals surface area contributed by atoms with E-state index in [-0.39, 0.29) is 11.8 Å². The fraction of sp³-hybridized carbons (Fsp3) is 0.588. The second-order valence-corrected chi connectivity index (χ2v) is 6.59. The lowest BCUT2D eigenvalue weighted by Gasteiger charge is -2.39. The Morgan fingerprint density at radius 2 is 1.91 bits per heavy atom. The number of hydrogen-bond donors (Lipinski definition) is 0. The van der Waals surface area contributed by atoms with Crippen LogP contribution in [0.15, 0.2) is 24.3 Å². The minimum Gasteiger partial charge on any atom is -0.381 e. The van der Waals surface area contributed by atoms with E-state index < -0.39 is 0 Å². The molecule has 120 valence electrons. The first kappa shape index (κ1) is 15.8. The third-order valence-electron chi connectivity index (χ3n) is 4.80. The third-order valence-corrected chi connectivity index (χ3v) is 5.06. The molecule has 1 aromatic carbocycles. The van der Waals surface area contributed by atoms with Crippen molar-refractivity contribution in [3.05, 3.63) is 34.9 Å². The number of amides is 1. The van der Waals surface area contributed by atoms with E-state index in [2.05, 4.69) is 24.0 Å². The quantitative estimate of drug-likeness (QED) is 0.857. The van der Waals surface area contributed by atoms with Crippen molar-refractivity contribution in [3.8, 4) is 0 Å². The summed E-state index contributed by atoms with van der Waals surface area (Å²) in [7, 11) is 0. The molecule has 4 nitrogen and oxygen atoms in total. The average molecular weight is 323 g/mol. The molecule has 2 aliphatic rings. The average Bonchev–Trinajstić information content (AvgIpc) is 3.09. The molecule has 0 bridgehead atoms. The second kappa shape index (κ2) is 6.99. The zero-order chi connectivity index (χ0) is 15.5. The molecule has 2 heterocycles. The molecule has 1 amide bonds. The molecule has 0 radical (unpaired) electrons. The maximum Gasteiger partial charge on any atom is 0.228 e. The third kappa shape index (κ3) is 3.45. The van der Waals surface area contributed by atoms with Crippen LogP contribution in [0.3, 0.4) is 0 Å². The lowest BCUT2D eigenvalue weighted by atomic mass is 10.0. The molecule has 22 heavy (non-hydrogen) atoms. The summed E-state index contributed by atoms with van der Waals surface area (Å²) in [5.74, 6) is 0.358. The Hall–Kier alpha value is -1.10. The molecule has 3 rings (SSSR count). The number of ether oxygens (including phenoxy) is 1. The normalized spacial score (nSPS) is 24.5. The van der Waals surface area contributed by atoms with E-state index in [4.69, 9.17) is 16.3 Å². The number of hydrogen-bond acceptors (Lipinski definition) is 3. The number of carbonyl (C=O) groups is 1. The summed E-state index contributed by atoms with van der Waals surface area (Å²) in [5.41, 5.74) is 1.27. The zero-order valence-electron chi connectivity index (χ0n) is 13.0. The first-order valence-corrected chi connectivity index (χ1v) is 8.39. The van der Waals surface area contributed by atoms with Crippen LogP contribution in [0.25, 0.3) is 0 Å². The Morgan fingerprint density at radius 1 is 1.23 bits per heavy atom. The van der Waals surface area contributed by atoms with Gasteiger partial charge in [-0.3, -0.25) is 9.69 Å². The first-order valence-electron chi connectivity index (χ1n) is 8.01. The molecule has 0 spiro atoms. The Morgan fingerprint density at radius 3 is 2.50 bits per heavy atom. The van der Waals surface area contributed by atoms with Gasteiger partial charge in [-0.15, -0.1) is 0 Å². The Balaban J connectivity index is 1.54. The summed E-state index contributed by atoms with van der Waals surface area (Å²) in [4.78, 5) is 16.8. The molecule has 0 aromatic heterocycles. The predicted molar refractivity (Wildman–Crippen MR) is 86.9 cm³/mol. The van der Waals surface area contributed by atoms with Gasteiger partial charge in [0.1, 0.15) is 0 Å². The van der Waals surface area contributed by atoms with Crippen molar-refractivity contribution in [2.75, 3.05) is 39.4 Å². The number of benzene rings is 1. The van der Waals surface area contributed by atoms with E-state index in [1.807, 2.05) is 17.0 Å². The maximum atomic E-state index is 12.4. The fourth-order valence-electron chi connectivity index (χ4n) is 3.27. The van der Waals surface area contributed by atoms with Crippen LogP contribution in [-0.4, -0.2) is 55.1 Å². The molecule has 1 aromatic rings. The Bertz CT molecular complexity index is 506. The topological polar surface area (TPSA) is 32.8 Å². The molecule has 2 aliphatic heterocycles.